The Bertz CT molecular complexity index is 735. The molecule has 2 rings (SSSR count). The van der Waals surface area contributed by atoms with Crippen LogP contribution in [-0.2, 0) is 11.3 Å². The lowest BCUT2D eigenvalue weighted by atomic mass is 10.2. The molecule has 0 atom stereocenters. The fraction of sp³-hybridized carbons (Fsp3) is 0.409. The van der Waals surface area contributed by atoms with Crippen molar-refractivity contribution in [3.63, 3.8) is 0 Å². The quantitative estimate of drug-likeness (QED) is 0.635. The number of urea groups is 1. The second kappa shape index (κ2) is 11.3. The first kappa shape index (κ1) is 21.7. The molecule has 6 nitrogen and oxygen atoms in total. The molecule has 0 radical (unpaired) electrons. The number of hydrogen-bond acceptors (Lipinski definition) is 4. The zero-order valence-electron chi connectivity index (χ0n) is 17.3. The maximum Gasteiger partial charge on any atom is 0.322 e. The van der Waals surface area contributed by atoms with Crippen LogP contribution in [0.25, 0.3) is 0 Å². The number of hydrogen-bond donors (Lipinski definition) is 1. The number of aryl methyl sites for hydroxylation is 1. The highest BCUT2D eigenvalue weighted by Gasteiger charge is 2.16. The van der Waals surface area contributed by atoms with Crippen LogP contribution in [-0.4, -0.2) is 63.3 Å². The summed E-state index contributed by atoms with van der Waals surface area (Å²) >= 11 is 0. The van der Waals surface area contributed by atoms with E-state index in [9.17, 15) is 4.79 Å². The fourth-order valence-electron chi connectivity index (χ4n) is 2.66. The minimum Gasteiger partial charge on any atom is -0.489 e. The number of ether oxygens (including phenoxy) is 2. The molecule has 0 aliphatic rings. The number of nitrogens with one attached hydrogen (secondary N) is 1. The number of likely N-dealkylation sites (N-methyl/N-ethyl adjacent to an activating group) is 1. The lowest BCUT2D eigenvalue weighted by molar-refractivity contribution is 0.146. The summed E-state index contributed by atoms with van der Waals surface area (Å²) in [5.41, 5.74) is 2.82. The maximum atomic E-state index is 13.0. The molecular weight excluding hydrogens is 354 g/mol. The summed E-state index contributed by atoms with van der Waals surface area (Å²) in [6.45, 7) is 4.87. The van der Waals surface area contributed by atoms with Crippen molar-refractivity contribution in [1.82, 2.24) is 9.80 Å². The molecule has 2 aromatic carbocycles. The lowest BCUT2D eigenvalue weighted by Crippen LogP contribution is -2.39. The molecular formula is C22H31N3O3. The van der Waals surface area contributed by atoms with Gasteiger partial charge in [-0.25, -0.2) is 4.79 Å². The van der Waals surface area contributed by atoms with E-state index in [-0.39, 0.29) is 6.03 Å². The lowest BCUT2D eigenvalue weighted by Gasteiger charge is -2.25. The van der Waals surface area contributed by atoms with E-state index in [1.165, 1.54) is 0 Å². The van der Waals surface area contributed by atoms with Crippen molar-refractivity contribution in [2.24, 2.45) is 0 Å². The summed E-state index contributed by atoms with van der Waals surface area (Å²) in [4.78, 5) is 16.9. The molecule has 1 N–H and O–H groups in total. The summed E-state index contributed by atoms with van der Waals surface area (Å²) in [7, 11) is 5.63. The molecule has 0 saturated carbocycles. The van der Waals surface area contributed by atoms with Gasteiger partial charge in [0, 0.05) is 26.7 Å². The highest BCUT2D eigenvalue weighted by Crippen LogP contribution is 2.26. The third kappa shape index (κ3) is 7.21. The molecule has 152 valence electrons. The average Bonchev–Trinajstić information content (AvgIpc) is 2.68. The van der Waals surface area contributed by atoms with E-state index in [0.29, 0.717) is 37.7 Å². The van der Waals surface area contributed by atoms with E-state index in [1.807, 2.05) is 74.4 Å². The van der Waals surface area contributed by atoms with Gasteiger partial charge in [-0.3, -0.25) is 0 Å². The standard InChI is InChI=1S/C22H31N3O3/c1-18-10-11-20(21(16-18)28-15-14-27-4)23-22(26)25(13-12-24(2)3)17-19-8-6-5-7-9-19/h5-11,16H,12-15,17H2,1-4H3,(H,23,26). The van der Waals surface area contributed by atoms with Gasteiger partial charge in [-0.15, -0.1) is 0 Å². The highest BCUT2D eigenvalue weighted by atomic mass is 16.5. The SMILES string of the molecule is COCCOc1cc(C)ccc1NC(=O)N(CCN(C)C)Cc1ccccc1. The smallest absolute Gasteiger partial charge is 0.322 e. The Hall–Kier alpha value is -2.57. The second-order valence-corrected chi connectivity index (χ2v) is 6.98. The Morgan fingerprint density at radius 2 is 1.79 bits per heavy atom. The predicted octanol–water partition coefficient (Wildman–Crippen LogP) is 3.62. The van der Waals surface area contributed by atoms with Gasteiger partial charge in [0.1, 0.15) is 12.4 Å². The van der Waals surface area contributed by atoms with Gasteiger partial charge in [0.2, 0.25) is 0 Å². The van der Waals surface area contributed by atoms with E-state index in [2.05, 4.69) is 10.2 Å². The Morgan fingerprint density at radius 3 is 2.46 bits per heavy atom. The van der Waals surface area contributed by atoms with E-state index in [1.54, 1.807) is 7.11 Å². The molecule has 0 spiro atoms. The van der Waals surface area contributed by atoms with Crippen molar-refractivity contribution in [3.8, 4) is 5.75 Å². The van der Waals surface area contributed by atoms with Gasteiger partial charge in [0.25, 0.3) is 0 Å². The molecule has 2 aromatic rings. The summed E-state index contributed by atoms with van der Waals surface area (Å²) in [5, 5.41) is 3.01. The first-order valence-electron chi connectivity index (χ1n) is 9.46. The van der Waals surface area contributed by atoms with Crippen LogP contribution in [0.5, 0.6) is 5.75 Å². The number of benzene rings is 2. The largest absolute Gasteiger partial charge is 0.489 e. The van der Waals surface area contributed by atoms with Crippen LogP contribution in [0.1, 0.15) is 11.1 Å². The first-order chi connectivity index (χ1) is 13.5. The van der Waals surface area contributed by atoms with Gasteiger partial charge in [0.05, 0.1) is 12.3 Å². The van der Waals surface area contributed by atoms with Crippen LogP contribution < -0.4 is 10.1 Å². The molecule has 0 heterocycles. The van der Waals surface area contributed by atoms with Crippen molar-refractivity contribution < 1.29 is 14.3 Å². The van der Waals surface area contributed by atoms with Crippen LogP contribution in [0.15, 0.2) is 48.5 Å². The zero-order valence-corrected chi connectivity index (χ0v) is 17.3. The van der Waals surface area contributed by atoms with Crippen LogP contribution in [0.3, 0.4) is 0 Å². The molecule has 0 fully saturated rings. The minimum atomic E-state index is -0.147. The van der Waals surface area contributed by atoms with Crippen LogP contribution >= 0.6 is 0 Å². The van der Waals surface area contributed by atoms with Gasteiger partial charge < -0.3 is 24.6 Å². The average molecular weight is 386 g/mol. The Labute approximate surface area is 168 Å². The van der Waals surface area contributed by atoms with Crippen molar-refractivity contribution in [2.75, 3.05) is 52.8 Å². The van der Waals surface area contributed by atoms with Gasteiger partial charge in [-0.1, -0.05) is 36.4 Å². The first-order valence-corrected chi connectivity index (χ1v) is 9.46. The number of rotatable bonds is 10. The van der Waals surface area contributed by atoms with Gasteiger partial charge in [-0.2, -0.15) is 0 Å². The van der Waals surface area contributed by atoms with Crippen molar-refractivity contribution in [3.05, 3.63) is 59.7 Å². The second-order valence-electron chi connectivity index (χ2n) is 6.98. The van der Waals surface area contributed by atoms with E-state index in [0.717, 1.165) is 17.7 Å². The molecule has 0 aliphatic carbocycles. The topological polar surface area (TPSA) is 54.0 Å². The Morgan fingerprint density at radius 1 is 1.04 bits per heavy atom. The highest BCUT2D eigenvalue weighted by molar-refractivity contribution is 5.91. The van der Waals surface area contributed by atoms with Crippen LogP contribution in [0.4, 0.5) is 10.5 Å². The molecule has 0 saturated heterocycles. The Balaban J connectivity index is 2.13. The van der Waals surface area contributed by atoms with E-state index in [4.69, 9.17) is 9.47 Å². The summed E-state index contributed by atoms with van der Waals surface area (Å²) < 4.78 is 10.8. The van der Waals surface area contributed by atoms with Crippen molar-refractivity contribution in [1.29, 1.82) is 0 Å². The summed E-state index contributed by atoms with van der Waals surface area (Å²) in [6, 6.07) is 15.6. The molecule has 0 bridgehead atoms. The van der Waals surface area contributed by atoms with E-state index < -0.39 is 0 Å². The number of nitrogens with zero attached hydrogens (tertiary/aromatic N) is 2. The van der Waals surface area contributed by atoms with Crippen LogP contribution in [0.2, 0.25) is 0 Å². The Kier molecular flexibility index (Phi) is 8.78. The number of amides is 2. The molecule has 0 aliphatic heterocycles. The van der Waals surface area contributed by atoms with Gasteiger partial charge in [0.15, 0.2) is 0 Å². The predicted molar refractivity (Wildman–Crippen MR) is 113 cm³/mol. The minimum absolute atomic E-state index is 0.147. The number of anilines is 1. The van der Waals surface area contributed by atoms with Crippen LogP contribution in [0, 0.1) is 6.92 Å². The maximum absolute atomic E-state index is 13.0. The molecule has 0 aromatic heterocycles. The molecule has 28 heavy (non-hydrogen) atoms. The zero-order chi connectivity index (χ0) is 20.4. The fourth-order valence-corrected chi connectivity index (χ4v) is 2.66. The molecule has 2 amide bonds. The van der Waals surface area contributed by atoms with Crippen molar-refractivity contribution in [2.45, 2.75) is 13.5 Å². The van der Waals surface area contributed by atoms with Gasteiger partial charge in [-0.05, 0) is 44.3 Å². The van der Waals surface area contributed by atoms with Gasteiger partial charge >= 0.3 is 6.03 Å². The van der Waals surface area contributed by atoms with Crippen molar-refractivity contribution >= 4 is 11.7 Å². The molecule has 0 unspecified atom stereocenters. The third-order valence-electron chi connectivity index (χ3n) is 4.24. The number of carbonyl (C=O) groups is 1. The normalized spacial score (nSPS) is 10.8. The third-order valence-corrected chi connectivity index (χ3v) is 4.24. The number of methoxy groups -OCH3 is 1. The summed E-state index contributed by atoms with van der Waals surface area (Å²) in [5.74, 6) is 0.651. The monoisotopic (exact) mass is 385 g/mol. The van der Waals surface area contributed by atoms with E-state index >= 15 is 0 Å². The number of carbonyl (C=O) groups excluding carboxylic acids is 1. The molecule has 6 heteroatoms. The summed E-state index contributed by atoms with van der Waals surface area (Å²) in [6.07, 6.45) is 0.